The molecule has 1 N–H and O–H groups in total. The maximum atomic E-state index is 12.5. The number of nitrogens with zero attached hydrogens (tertiary/aromatic N) is 3. The minimum atomic E-state index is -0.0914. The second-order valence-electron chi connectivity index (χ2n) is 7.46. The molecular formula is C24H26N4OS. The number of benzene rings is 2. The molecule has 5 nitrogen and oxygen atoms in total. The molecule has 2 aromatic carbocycles. The van der Waals surface area contributed by atoms with Gasteiger partial charge in [-0.05, 0) is 49.7 Å². The third-order valence-electron chi connectivity index (χ3n) is 5.22. The molecule has 3 aromatic rings. The molecule has 2 amide bonds. The van der Waals surface area contributed by atoms with E-state index in [0.717, 1.165) is 13.1 Å². The van der Waals surface area contributed by atoms with Crippen molar-refractivity contribution in [1.82, 2.24) is 9.88 Å². The van der Waals surface area contributed by atoms with Crippen molar-refractivity contribution in [2.24, 2.45) is 0 Å². The van der Waals surface area contributed by atoms with Crippen molar-refractivity contribution in [2.45, 2.75) is 23.6 Å². The molecule has 4 rings (SSSR count). The van der Waals surface area contributed by atoms with E-state index in [1.165, 1.54) is 26.6 Å². The zero-order chi connectivity index (χ0) is 20.9. The van der Waals surface area contributed by atoms with Crippen molar-refractivity contribution in [3.05, 3.63) is 78.0 Å². The Balaban J connectivity index is 1.42. The van der Waals surface area contributed by atoms with E-state index in [4.69, 9.17) is 0 Å². The molecule has 2 heterocycles. The summed E-state index contributed by atoms with van der Waals surface area (Å²) in [5.41, 5.74) is 3.81. The SMILES string of the molecule is Cc1ccc(Sc2ccccc2N2CCN(C(=O)Nc3ccccn3)CC2)c(C)c1. The number of hydrogen-bond acceptors (Lipinski definition) is 4. The van der Waals surface area contributed by atoms with Gasteiger partial charge in [-0.25, -0.2) is 9.78 Å². The van der Waals surface area contributed by atoms with E-state index in [1.54, 1.807) is 12.3 Å². The summed E-state index contributed by atoms with van der Waals surface area (Å²) in [4.78, 5) is 23.5. The van der Waals surface area contributed by atoms with Gasteiger partial charge in [0.15, 0.2) is 0 Å². The van der Waals surface area contributed by atoms with Crippen LogP contribution < -0.4 is 10.2 Å². The molecule has 0 bridgehead atoms. The highest BCUT2D eigenvalue weighted by molar-refractivity contribution is 7.99. The van der Waals surface area contributed by atoms with E-state index in [2.05, 4.69) is 71.5 Å². The van der Waals surface area contributed by atoms with Crippen LogP contribution in [0, 0.1) is 13.8 Å². The first-order chi connectivity index (χ1) is 14.6. The Morgan fingerprint density at radius 1 is 0.933 bits per heavy atom. The summed E-state index contributed by atoms with van der Waals surface area (Å²) in [5.74, 6) is 0.583. The number of piperazine rings is 1. The summed E-state index contributed by atoms with van der Waals surface area (Å²) >= 11 is 1.81. The predicted octanol–water partition coefficient (Wildman–Crippen LogP) is 5.20. The maximum absolute atomic E-state index is 12.5. The molecule has 30 heavy (non-hydrogen) atoms. The van der Waals surface area contributed by atoms with Crippen molar-refractivity contribution in [1.29, 1.82) is 0 Å². The summed E-state index contributed by atoms with van der Waals surface area (Å²) in [6.45, 7) is 7.26. The molecule has 6 heteroatoms. The van der Waals surface area contributed by atoms with Crippen LogP contribution in [0.4, 0.5) is 16.3 Å². The summed E-state index contributed by atoms with van der Waals surface area (Å²) in [5, 5.41) is 2.87. The van der Waals surface area contributed by atoms with Gasteiger partial charge >= 0.3 is 6.03 Å². The number of para-hydroxylation sites is 1. The lowest BCUT2D eigenvalue weighted by Crippen LogP contribution is -2.50. The molecule has 1 aliphatic rings. The van der Waals surface area contributed by atoms with Gasteiger partial charge < -0.3 is 9.80 Å². The van der Waals surface area contributed by atoms with Gasteiger partial charge in [-0.3, -0.25) is 5.32 Å². The number of carbonyl (C=O) groups is 1. The van der Waals surface area contributed by atoms with Crippen LogP contribution >= 0.6 is 11.8 Å². The molecule has 0 unspecified atom stereocenters. The summed E-state index contributed by atoms with van der Waals surface area (Å²) in [6.07, 6.45) is 1.68. The van der Waals surface area contributed by atoms with Gasteiger partial charge in [-0.15, -0.1) is 0 Å². The maximum Gasteiger partial charge on any atom is 0.323 e. The zero-order valence-corrected chi connectivity index (χ0v) is 18.2. The average Bonchev–Trinajstić information content (AvgIpc) is 2.77. The minimum absolute atomic E-state index is 0.0914. The number of aryl methyl sites for hydroxylation is 2. The van der Waals surface area contributed by atoms with Gasteiger partial charge in [0.25, 0.3) is 0 Å². The topological polar surface area (TPSA) is 48.5 Å². The largest absolute Gasteiger partial charge is 0.367 e. The number of urea groups is 1. The predicted molar refractivity (Wildman–Crippen MR) is 124 cm³/mol. The second-order valence-corrected chi connectivity index (χ2v) is 8.54. The van der Waals surface area contributed by atoms with Gasteiger partial charge in [0.1, 0.15) is 5.82 Å². The highest BCUT2D eigenvalue weighted by atomic mass is 32.2. The Morgan fingerprint density at radius 2 is 1.70 bits per heavy atom. The molecule has 1 aliphatic heterocycles. The molecule has 0 spiro atoms. The van der Waals surface area contributed by atoms with Crippen LogP contribution in [0.2, 0.25) is 0 Å². The number of nitrogens with one attached hydrogen (secondary N) is 1. The van der Waals surface area contributed by atoms with E-state index < -0.39 is 0 Å². The molecular weight excluding hydrogens is 392 g/mol. The third kappa shape index (κ3) is 4.76. The Labute approximate surface area is 182 Å². The average molecular weight is 419 g/mol. The Hall–Kier alpha value is -2.99. The minimum Gasteiger partial charge on any atom is -0.367 e. The third-order valence-corrected chi connectivity index (χ3v) is 6.47. The van der Waals surface area contributed by atoms with E-state index in [1.807, 2.05) is 28.8 Å². The Bertz CT molecular complexity index is 1020. The lowest BCUT2D eigenvalue weighted by atomic mass is 10.2. The van der Waals surface area contributed by atoms with Crippen molar-refractivity contribution in [2.75, 3.05) is 36.4 Å². The number of rotatable bonds is 4. The van der Waals surface area contributed by atoms with Gasteiger partial charge in [-0.1, -0.05) is 47.7 Å². The van der Waals surface area contributed by atoms with Crippen LogP contribution in [0.3, 0.4) is 0 Å². The number of amides is 2. The lowest BCUT2D eigenvalue weighted by molar-refractivity contribution is 0.208. The van der Waals surface area contributed by atoms with Crippen molar-refractivity contribution < 1.29 is 4.79 Å². The monoisotopic (exact) mass is 418 g/mol. The molecule has 1 aromatic heterocycles. The second kappa shape index (κ2) is 9.22. The molecule has 1 fully saturated rings. The van der Waals surface area contributed by atoms with Gasteiger partial charge in [0, 0.05) is 42.2 Å². The van der Waals surface area contributed by atoms with E-state index in [0.29, 0.717) is 18.9 Å². The van der Waals surface area contributed by atoms with Gasteiger partial charge in [0.05, 0.1) is 5.69 Å². The quantitative estimate of drug-likeness (QED) is 0.632. The van der Waals surface area contributed by atoms with Crippen LogP contribution in [-0.4, -0.2) is 42.1 Å². The van der Waals surface area contributed by atoms with E-state index >= 15 is 0 Å². The van der Waals surface area contributed by atoms with Gasteiger partial charge in [-0.2, -0.15) is 0 Å². The highest BCUT2D eigenvalue weighted by Gasteiger charge is 2.23. The number of anilines is 2. The summed E-state index contributed by atoms with van der Waals surface area (Å²) < 4.78 is 0. The molecule has 0 atom stereocenters. The molecule has 1 saturated heterocycles. The fourth-order valence-corrected chi connectivity index (χ4v) is 4.65. The fraction of sp³-hybridized carbons (Fsp3) is 0.250. The number of aromatic nitrogens is 1. The highest BCUT2D eigenvalue weighted by Crippen LogP contribution is 2.37. The number of pyridine rings is 1. The van der Waals surface area contributed by atoms with Gasteiger partial charge in [0.2, 0.25) is 0 Å². The standard InChI is InChI=1S/C24H26N4OS/c1-18-10-11-21(19(2)17-18)30-22-8-4-3-7-20(22)27-13-15-28(16-14-27)24(29)26-23-9-5-6-12-25-23/h3-12,17H,13-16H2,1-2H3,(H,25,26,29). The smallest absolute Gasteiger partial charge is 0.323 e. The van der Waals surface area contributed by atoms with Crippen LogP contribution in [0.25, 0.3) is 0 Å². The number of hydrogen-bond donors (Lipinski definition) is 1. The molecule has 0 radical (unpaired) electrons. The van der Waals surface area contributed by atoms with Crippen molar-refractivity contribution >= 4 is 29.3 Å². The van der Waals surface area contributed by atoms with Crippen LogP contribution in [0.15, 0.2) is 76.7 Å². The summed E-state index contributed by atoms with van der Waals surface area (Å²) in [7, 11) is 0. The van der Waals surface area contributed by atoms with Crippen molar-refractivity contribution in [3.63, 3.8) is 0 Å². The zero-order valence-electron chi connectivity index (χ0n) is 17.3. The summed E-state index contributed by atoms with van der Waals surface area (Å²) in [6, 6.07) is 20.5. The lowest BCUT2D eigenvalue weighted by Gasteiger charge is -2.36. The molecule has 0 aliphatic carbocycles. The van der Waals surface area contributed by atoms with Crippen LogP contribution in [-0.2, 0) is 0 Å². The molecule has 154 valence electrons. The first-order valence-corrected chi connectivity index (χ1v) is 11.0. The first kappa shape index (κ1) is 20.3. The normalized spacial score (nSPS) is 13.9. The molecule has 0 saturated carbocycles. The Morgan fingerprint density at radius 3 is 2.43 bits per heavy atom. The first-order valence-electron chi connectivity index (χ1n) is 10.2. The van der Waals surface area contributed by atoms with E-state index in [-0.39, 0.29) is 6.03 Å². The van der Waals surface area contributed by atoms with Crippen LogP contribution in [0.1, 0.15) is 11.1 Å². The van der Waals surface area contributed by atoms with E-state index in [9.17, 15) is 4.79 Å². The fourth-order valence-electron chi connectivity index (χ4n) is 3.61. The number of carbonyl (C=O) groups excluding carboxylic acids is 1. The van der Waals surface area contributed by atoms with Crippen LogP contribution in [0.5, 0.6) is 0 Å². The van der Waals surface area contributed by atoms with Crippen molar-refractivity contribution in [3.8, 4) is 0 Å². The Kier molecular flexibility index (Phi) is 6.23.